The van der Waals surface area contributed by atoms with Crippen LogP contribution in [0.1, 0.15) is 0 Å². The molecular weight excluding hydrogens is 181 g/mol. The van der Waals surface area contributed by atoms with Crippen LogP contribution in [0.3, 0.4) is 0 Å². The monoisotopic (exact) mass is 187 g/mol. The van der Waals surface area contributed by atoms with Crippen molar-refractivity contribution in [2.75, 3.05) is 0 Å². The Bertz CT molecular complexity index is 386. The largest absolute Gasteiger partial charge is 0.653 e. The molecular formula is C9H6AlNO2. The first-order valence-corrected chi connectivity index (χ1v) is 4.24. The zero-order valence-electron chi connectivity index (χ0n) is 6.81. The first-order valence-electron chi connectivity index (χ1n) is 3.77. The third-order valence-electron chi connectivity index (χ3n) is 1.68. The van der Waals surface area contributed by atoms with Crippen LogP contribution in [-0.4, -0.2) is 21.6 Å². The van der Waals surface area contributed by atoms with Gasteiger partial charge in [-0.15, -0.1) is 0 Å². The van der Waals surface area contributed by atoms with Gasteiger partial charge in [0.05, 0.1) is 17.5 Å². The van der Waals surface area contributed by atoms with Crippen LogP contribution in [0.15, 0.2) is 41.1 Å². The second-order valence-corrected chi connectivity index (χ2v) is 2.69. The summed E-state index contributed by atoms with van der Waals surface area (Å²) < 4.78 is 10.2. The zero-order chi connectivity index (χ0) is 9.10. The third kappa shape index (κ3) is 1.59. The molecule has 0 saturated heterocycles. The maximum atomic E-state index is 5.16. The lowest BCUT2D eigenvalue weighted by Crippen LogP contribution is -1.88. The summed E-state index contributed by atoms with van der Waals surface area (Å²) in [6, 6.07) is 7.55. The first-order chi connectivity index (χ1) is 6.42. The van der Waals surface area contributed by atoms with E-state index in [0.717, 1.165) is 11.3 Å². The number of nitrogens with zero attached hydrogens (tertiary/aromatic N) is 1. The highest BCUT2D eigenvalue weighted by atomic mass is 27.1. The van der Waals surface area contributed by atoms with Gasteiger partial charge >= 0.3 is 16.6 Å². The van der Waals surface area contributed by atoms with Gasteiger partial charge in [0.2, 0.25) is 5.89 Å². The summed E-state index contributed by atoms with van der Waals surface area (Å²) in [6.45, 7) is 0. The Morgan fingerprint density at radius 3 is 2.85 bits per heavy atom. The SMILES string of the molecule is [Al][O]c1ccccc1-c1ncco1. The fourth-order valence-electron chi connectivity index (χ4n) is 1.10. The molecule has 3 nitrogen and oxygen atoms in total. The van der Waals surface area contributed by atoms with E-state index in [0.29, 0.717) is 5.89 Å². The molecule has 0 bridgehead atoms. The third-order valence-corrected chi connectivity index (χ3v) is 1.93. The summed E-state index contributed by atoms with van der Waals surface area (Å²) in [5.41, 5.74) is 0.850. The van der Waals surface area contributed by atoms with E-state index >= 15 is 0 Å². The Morgan fingerprint density at radius 2 is 2.15 bits per heavy atom. The van der Waals surface area contributed by atoms with Crippen LogP contribution in [0.5, 0.6) is 5.75 Å². The maximum Gasteiger partial charge on any atom is 0.482 e. The van der Waals surface area contributed by atoms with Gasteiger partial charge in [0.1, 0.15) is 6.26 Å². The quantitative estimate of drug-likeness (QED) is 0.672. The van der Waals surface area contributed by atoms with Crippen molar-refractivity contribution < 1.29 is 8.21 Å². The molecule has 13 heavy (non-hydrogen) atoms. The fraction of sp³-hybridized carbons (Fsp3) is 0. The average Bonchev–Trinajstić information content (AvgIpc) is 2.70. The molecule has 0 amide bonds. The Morgan fingerprint density at radius 1 is 1.31 bits per heavy atom. The molecule has 1 aromatic carbocycles. The molecule has 0 unspecified atom stereocenters. The Hall–Kier alpha value is -1.24. The highest BCUT2D eigenvalue weighted by Gasteiger charge is 2.06. The fourth-order valence-corrected chi connectivity index (χ4v) is 1.31. The second-order valence-electron chi connectivity index (χ2n) is 2.45. The van der Waals surface area contributed by atoms with Gasteiger partial charge in [0, 0.05) is 0 Å². The Kier molecular flexibility index (Phi) is 2.35. The van der Waals surface area contributed by atoms with Crippen molar-refractivity contribution >= 4 is 16.6 Å². The molecule has 1 heterocycles. The summed E-state index contributed by atoms with van der Waals surface area (Å²) in [7, 11) is 0. The van der Waals surface area contributed by atoms with Crippen LogP contribution in [0.2, 0.25) is 0 Å². The maximum absolute atomic E-state index is 5.16. The minimum absolute atomic E-state index is 0.568. The minimum Gasteiger partial charge on any atom is -0.653 e. The normalized spacial score (nSPS) is 9.85. The van der Waals surface area contributed by atoms with Crippen LogP contribution in [-0.2, 0) is 0 Å². The van der Waals surface area contributed by atoms with E-state index in [2.05, 4.69) is 21.6 Å². The lowest BCUT2D eigenvalue weighted by atomic mass is 10.2. The van der Waals surface area contributed by atoms with Crippen LogP contribution in [0, 0.1) is 0 Å². The molecule has 0 saturated carbocycles. The Balaban J connectivity index is 2.51. The molecule has 0 N–H and O–H groups in total. The van der Waals surface area contributed by atoms with Gasteiger partial charge in [0.25, 0.3) is 0 Å². The number of para-hydroxylation sites is 1. The number of oxazole rings is 1. The summed E-state index contributed by atoms with van der Waals surface area (Å²) in [5.74, 6) is 1.30. The van der Waals surface area contributed by atoms with Gasteiger partial charge < -0.3 is 8.21 Å². The van der Waals surface area contributed by atoms with E-state index in [-0.39, 0.29) is 0 Å². The molecule has 1 aromatic heterocycles. The molecule has 0 spiro atoms. The van der Waals surface area contributed by atoms with Crippen LogP contribution < -0.4 is 3.79 Å². The molecule has 0 aliphatic rings. The topological polar surface area (TPSA) is 35.3 Å². The predicted molar refractivity (Wildman–Crippen MR) is 48.3 cm³/mol. The summed E-state index contributed by atoms with van der Waals surface area (Å²) in [6.07, 6.45) is 3.14. The molecule has 0 aliphatic carbocycles. The number of hydrogen-bond donors (Lipinski definition) is 0. The van der Waals surface area contributed by atoms with Gasteiger partial charge in [-0.25, -0.2) is 4.98 Å². The predicted octanol–water partition coefficient (Wildman–Crippen LogP) is 1.80. The van der Waals surface area contributed by atoms with E-state index in [1.165, 1.54) is 6.26 Å². The van der Waals surface area contributed by atoms with Gasteiger partial charge in [-0.2, -0.15) is 0 Å². The molecule has 0 fully saturated rings. The van der Waals surface area contributed by atoms with Crippen molar-refractivity contribution in [3.05, 3.63) is 36.7 Å². The average molecular weight is 187 g/mol. The van der Waals surface area contributed by atoms with Crippen molar-refractivity contribution in [3.8, 4) is 17.2 Å². The van der Waals surface area contributed by atoms with Gasteiger partial charge in [-0.05, 0) is 12.1 Å². The van der Waals surface area contributed by atoms with E-state index in [1.54, 1.807) is 6.20 Å². The molecule has 4 heteroatoms. The van der Waals surface area contributed by atoms with Crippen LogP contribution in [0.4, 0.5) is 0 Å². The number of benzene rings is 1. The highest BCUT2D eigenvalue weighted by molar-refractivity contribution is 6.00. The summed E-state index contributed by atoms with van der Waals surface area (Å²) >= 11 is 2.20. The van der Waals surface area contributed by atoms with Crippen molar-refractivity contribution in [1.82, 2.24) is 4.98 Å². The first kappa shape index (κ1) is 8.36. The van der Waals surface area contributed by atoms with Gasteiger partial charge in [0.15, 0.2) is 0 Å². The standard InChI is InChI=1S/C9H7NO2.Al/c11-8-4-2-1-3-7(8)9-10-5-6-12-9;/h1-6,11H;/q;+1/p-1. The molecule has 62 valence electrons. The van der Waals surface area contributed by atoms with E-state index in [9.17, 15) is 0 Å². The van der Waals surface area contributed by atoms with E-state index in [4.69, 9.17) is 8.21 Å². The molecule has 0 atom stereocenters. The van der Waals surface area contributed by atoms with Crippen LogP contribution >= 0.6 is 0 Å². The van der Waals surface area contributed by atoms with Crippen molar-refractivity contribution in [2.45, 2.75) is 0 Å². The number of hydrogen-bond acceptors (Lipinski definition) is 3. The van der Waals surface area contributed by atoms with Crippen LogP contribution in [0.25, 0.3) is 11.5 Å². The van der Waals surface area contributed by atoms with Crippen molar-refractivity contribution in [3.63, 3.8) is 0 Å². The smallest absolute Gasteiger partial charge is 0.482 e. The highest BCUT2D eigenvalue weighted by Crippen LogP contribution is 2.27. The summed E-state index contributed by atoms with van der Waals surface area (Å²) in [5, 5.41) is 0. The second kappa shape index (κ2) is 3.65. The molecule has 0 aliphatic heterocycles. The van der Waals surface area contributed by atoms with Crippen molar-refractivity contribution in [1.29, 1.82) is 0 Å². The van der Waals surface area contributed by atoms with Gasteiger partial charge in [-0.1, -0.05) is 12.1 Å². The summed E-state index contributed by atoms with van der Waals surface area (Å²) in [4.78, 5) is 4.04. The molecule has 2 aromatic rings. The number of rotatable bonds is 2. The minimum atomic E-state index is 0.568. The van der Waals surface area contributed by atoms with E-state index < -0.39 is 0 Å². The number of aromatic nitrogens is 1. The molecule has 2 radical (unpaired) electrons. The molecule has 2 rings (SSSR count). The van der Waals surface area contributed by atoms with Gasteiger partial charge in [-0.3, -0.25) is 0 Å². The lowest BCUT2D eigenvalue weighted by Gasteiger charge is -2.05. The van der Waals surface area contributed by atoms with Crippen molar-refractivity contribution in [2.24, 2.45) is 0 Å². The zero-order valence-corrected chi connectivity index (χ0v) is 7.96. The lowest BCUT2D eigenvalue weighted by molar-refractivity contribution is 0.564. The Labute approximate surface area is 84.1 Å². The van der Waals surface area contributed by atoms with E-state index in [1.807, 2.05) is 24.3 Å².